The third-order valence-corrected chi connectivity index (χ3v) is 2.30. The zero-order chi connectivity index (χ0) is 12.3. The lowest BCUT2D eigenvalue weighted by Gasteiger charge is -2.10. The first kappa shape index (κ1) is 12.2. The van der Waals surface area contributed by atoms with Gasteiger partial charge in [-0.2, -0.15) is 0 Å². The van der Waals surface area contributed by atoms with Crippen molar-refractivity contribution in [3.8, 4) is 0 Å². The summed E-state index contributed by atoms with van der Waals surface area (Å²) in [5.41, 5.74) is 8.93. The maximum Gasteiger partial charge on any atom is 0.231 e. The molecule has 4 heteroatoms. The quantitative estimate of drug-likeness (QED) is 0.602. The van der Waals surface area contributed by atoms with Gasteiger partial charge in [-0.1, -0.05) is 0 Å². The number of nitrogens with two attached hydrogens (primary N) is 1. The number of carbonyl (C=O) groups is 2. The molecular weight excluding hydrogens is 204 g/mol. The molecule has 1 rings (SSSR count). The minimum Gasteiger partial charge on any atom is -0.399 e. The fourth-order valence-electron chi connectivity index (χ4n) is 1.39. The smallest absolute Gasteiger partial charge is 0.231 e. The molecule has 0 spiro atoms. The predicted molar refractivity (Wildman–Crippen MR) is 64.3 cm³/mol. The molecule has 0 saturated heterocycles. The molecule has 1 amide bonds. The molecule has 0 aliphatic carbocycles. The number of amides is 1. The second-order valence-corrected chi connectivity index (χ2v) is 3.95. The van der Waals surface area contributed by atoms with Crippen molar-refractivity contribution in [1.82, 2.24) is 0 Å². The van der Waals surface area contributed by atoms with Crippen LogP contribution in [0.25, 0.3) is 0 Å². The number of ketones is 1. The zero-order valence-corrected chi connectivity index (χ0v) is 9.76. The minimum atomic E-state index is -0.292. The van der Waals surface area contributed by atoms with Crippen molar-refractivity contribution in [3.05, 3.63) is 23.3 Å². The zero-order valence-electron chi connectivity index (χ0n) is 9.76. The van der Waals surface area contributed by atoms with Crippen molar-refractivity contribution in [3.63, 3.8) is 0 Å². The number of nitrogens with one attached hydrogen (secondary N) is 1. The lowest BCUT2D eigenvalue weighted by Crippen LogP contribution is -2.15. The lowest BCUT2D eigenvalue weighted by molar-refractivity contribution is -0.124. The third kappa shape index (κ3) is 3.08. The third-order valence-electron chi connectivity index (χ3n) is 2.30. The Labute approximate surface area is 94.8 Å². The van der Waals surface area contributed by atoms with Gasteiger partial charge in [0.05, 0.1) is 6.42 Å². The van der Waals surface area contributed by atoms with E-state index in [1.165, 1.54) is 6.92 Å². The van der Waals surface area contributed by atoms with Crippen molar-refractivity contribution >= 4 is 23.1 Å². The Balaban J connectivity index is 2.85. The van der Waals surface area contributed by atoms with Gasteiger partial charge in [-0.15, -0.1) is 0 Å². The molecule has 1 aromatic carbocycles. The molecule has 0 bridgehead atoms. The van der Waals surface area contributed by atoms with E-state index >= 15 is 0 Å². The molecule has 4 nitrogen and oxygen atoms in total. The van der Waals surface area contributed by atoms with E-state index in [1.807, 2.05) is 19.9 Å². The number of hydrogen-bond acceptors (Lipinski definition) is 3. The highest BCUT2D eigenvalue weighted by atomic mass is 16.2. The largest absolute Gasteiger partial charge is 0.399 e. The van der Waals surface area contributed by atoms with E-state index in [0.717, 1.165) is 11.1 Å². The highest BCUT2D eigenvalue weighted by Gasteiger charge is 2.08. The molecule has 0 aliphatic heterocycles. The van der Waals surface area contributed by atoms with Crippen LogP contribution >= 0.6 is 0 Å². The molecule has 0 fully saturated rings. The lowest BCUT2D eigenvalue weighted by atomic mass is 10.1. The van der Waals surface area contributed by atoms with Gasteiger partial charge < -0.3 is 11.1 Å². The Morgan fingerprint density at radius 3 is 2.44 bits per heavy atom. The molecule has 86 valence electrons. The first-order valence-electron chi connectivity index (χ1n) is 5.06. The Kier molecular flexibility index (Phi) is 3.66. The molecule has 16 heavy (non-hydrogen) atoms. The van der Waals surface area contributed by atoms with Gasteiger partial charge in [-0.05, 0) is 44.0 Å². The molecular formula is C12H16N2O2. The maximum absolute atomic E-state index is 11.4. The van der Waals surface area contributed by atoms with Crippen LogP contribution in [0.1, 0.15) is 24.5 Å². The standard InChI is InChI=1S/C12H16N2O2/c1-7-5-11(8(2)4-10(7)13)14-12(16)6-9(3)15/h4-5H,6,13H2,1-3H3,(H,14,16). The molecule has 0 atom stereocenters. The summed E-state index contributed by atoms with van der Waals surface area (Å²) >= 11 is 0. The highest BCUT2D eigenvalue weighted by Crippen LogP contribution is 2.22. The van der Waals surface area contributed by atoms with Crippen LogP contribution in [0.4, 0.5) is 11.4 Å². The Hall–Kier alpha value is -1.84. The summed E-state index contributed by atoms with van der Waals surface area (Å²) in [5.74, 6) is -0.443. The second-order valence-electron chi connectivity index (χ2n) is 3.95. The van der Waals surface area contributed by atoms with Crippen LogP contribution in [0.5, 0.6) is 0 Å². The van der Waals surface area contributed by atoms with E-state index < -0.39 is 0 Å². The summed E-state index contributed by atoms with van der Waals surface area (Å²) < 4.78 is 0. The number of aryl methyl sites for hydroxylation is 2. The summed E-state index contributed by atoms with van der Waals surface area (Å²) in [4.78, 5) is 22.2. The Bertz CT molecular complexity index is 439. The molecule has 1 aromatic rings. The summed E-state index contributed by atoms with van der Waals surface area (Å²) in [6.45, 7) is 5.12. The fraction of sp³-hybridized carbons (Fsp3) is 0.333. The van der Waals surface area contributed by atoms with Crippen LogP contribution in [0.2, 0.25) is 0 Å². The Morgan fingerprint density at radius 2 is 1.88 bits per heavy atom. The van der Waals surface area contributed by atoms with E-state index in [4.69, 9.17) is 5.73 Å². The van der Waals surface area contributed by atoms with Crippen molar-refractivity contribution in [1.29, 1.82) is 0 Å². The molecule has 0 aliphatic rings. The summed E-state index contributed by atoms with van der Waals surface area (Å²) in [5, 5.41) is 2.69. The summed E-state index contributed by atoms with van der Waals surface area (Å²) in [6, 6.07) is 3.61. The van der Waals surface area contributed by atoms with Crippen molar-refractivity contribution in [2.45, 2.75) is 27.2 Å². The predicted octanol–water partition coefficient (Wildman–Crippen LogP) is 1.80. The number of anilines is 2. The van der Waals surface area contributed by atoms with E-state index in [0.29, 0.717) is 11.4 Å². The molecule has 0 heterocycles. The highest BCUT2D eigenvalue weighted by molar-refractivity contribution is 6.03. The summed E-state index contributed by atoms with van der Waals surface area (Å²) in [7, 11) is 0. The van der Waals surface area contributed by atoms with Gasteiger partial charge in [0.25, 0.3) is 0 Å². The van der Waals surface area contributed by atoms with Crippen LogP contribution in [0.15, 0.2) is 12.1 Å². The van der Waals surface area contributed by atoms with Gasteiger partial charge in [0.2, 0.25) is 5.91 Å². The number of benzene rings is 1. The van der Waals surface area contributed by atoms with Crippen LogP contribution in [0.3, 0.4) is 0 Å². The van der Waals surface area contributed by atoms with Gasteiger partial charge in [0.1, 0.15) is 5.78 Å². The number of rotatable bonds is 3. The van der Waals surface area contributed by atoms with E-state index in [9.17, 15) is 9.59 Å². The molecule has 0 saturated carbocycles. The first-order chi connectivity index (χ1) is 7.40. The normalized spacial score (nSPS) is 9.94. The topological polar surface area (TPSA) is 72.2 Å². The van der Waals surface area contributed by atoms with Gasteiger partial charge >= 0.3 is 0 Å². The van der Waals surface area contributed by atoms with Crippen molar-refractivity contribution in [2.24, 2.45) is 0 Å². The fourth-order valence-corrected chi connectivity index (χ4v) is 1.39. The van der Waals surface area contributed by atoms with Gasteiger partial charge in [-0.3, -0.25) is 9.59 Å². The monoisotopic (exact) mass is 220 g/mol. The van der Waals surface area contributed by atoms with Crippen molar-refractivity contribution in [2.75, 3.05) is 11.1 Å². The Morgan fingerprint density at radius 1 is 1.25 bits per heavy atom. The molecule has 3 N–H and O–H groups in total. The number of nitrogen functional groups attached to an aromatic ring is 1. The number of carbonyl (C=O) groups excluding carboxylic acids is 2. The van der Waals surface area contributed by atoms with Crippen molar-refractivity contribution < 1.29 is 9.59 Å². The van der Waals surface area contributed by atoms with E-state index in [-0.39, 0.29) is 18.1 Å². The maximum atomic E-state index is 11.4. The minimum absolute atomic E-state index is 0.0944. The SMILES string of the molecule is CC(=O)CC(=O)Nc1cc(C)c(N)cc1C. The van der Waals surface area contributed by atoms with Crippen LogP contribution < -0.4 is 11.1 Å². The van der Waals surface area contributed by atoms with Crippen LogP contribution in [-0.4, -0.2) is 11.7 Å². The second kappa shape index (κ2) is 4.79. The van der Waals surface area contributed by atoms with Crippen LogP contribution in [0, 0.1) is 13.8 Å². The molecule has 0 aromatic heterocycles. The van der Waals surface area contributed by atoms with Gasteiger partial charge in [-0.25, -0.2) is 0 Å². The van der Waals surface area contributed by atoms with Gasteiger partial charge in [0, 0.05) is 11.4 Å². The van der Waals surface area contributed by atoms with E-state index in [2.05, 4.69) is 5.32 Å². The number of hydrogen-bond donors (Lipinski definition) is 2. The van der Waals surface area contributed by atoms with Crippen LogP contribution in [-0.2, 0) is 9.59 Å². The first-order valence-corrected chi connectivity index (χ1v) is 5.06. The molecule has 0 radical (unpaired) electrons. The van der Waals surface area contributed by atoms with Gasteiger partial charge in [0.15, 0.2) is 0 Å². The molecule has 0 unspecified atom stereocenters. The summed E-state index contributed by atoms with van der Waals surface area (Å²) in [6.07, 6.45) is -0.0944. The van der Waals surface area contributed by atoms with E-state index in [1.54, 1.807) is 6.07 Å². The number of Topliss-reactive ketones (excluding diaryl/α,β-unsaturated/α-hetero) is 1. The average molecular weight is 220 g/mol. The average Bonchev–Trinajstić information content (AvgIpc) is 2.12.